The van der Waals surface area contributed by atoms with Gasteiger partial charge in [0.05, 0.1) is 6.04 Å². The summed E-state index contributed by atoms with van der Waals surface area (Å²) in [5.41, 5.74) is 4.80. The van der Waals surface area contributed by atoms with E-state index >= 15 is 0 Å². The second-order valence-electron chi connectivity index (χ2n) is 6.85. The molecule has 0 amide bonds. The van der Waals surface area contributed by atoms with Gasteiger partial charge in [0.1, 0.15) is 0 Å². The molecule has 1 N–H and O–H groups in total. The first-order chi connectivity index (χ1) is 10.3. The monoisotopic (exact) mass is 280 g/mol. The minimum absolute atomic E-state index is 0.436. The summed E-state index contributed by atoms with van der Waals surface area (Å²) in [5.74, 6) is 0. The van der Waals surface area contributed by atoms with Gasteiger partial charge in [0.2, 0.25) is 0 Å². The van der Waals surface area contributed by atoms with E-state index in [1.807, 2.05) is 0 Å². The molecule has 2 nitrogen and oxygen atoms in total. The molecule has 1 saturated heterocycles. The summed E-state index contributed by atoms with van der Waals surface area (Å²) in [7, 11) is 0. The molecule has 0 spiro atoms. The standard InChI is InChI=1S/C19H24N2/c1-3-10-19(4-2)12-17-18-15(9-11-21(17)13-19)14-7-5-6-8-16(14)20-18/h3,5-8,17,20H,1,4,9-13H2,2H3/t17-,19+/m0/s1. The van der Waals surface area contributed by atoms with Gasteiger partial charge in [-0.2, -0.15) is 0 Å². The summed E-state index contributed by atoms with van der Waals surface area (Å²) in [5, 5.41) is 1.44. The maximum Gasteiger partial charge on any atom is 0.0507 e. The molecule has 1 aromatic heterocycles. The fraction of sp³-hybridized carbons (Fsp3) is 0.474. The molecule has 2 atom stereocenters. The molecule has 2 aromatic rings. The van der Waals surface area contributed by atoms with Crippen molar-refractivity contribution in [1.29, 1.82) is 0 Å². The Morgan fingerprint density at radius 3 is 3.10 bits per heavy atom. The summed E-state index contributed by atoms with van der Waals surface area (Å²) >= 11 is 0. The average Bonchev–Trinajstić information content (AvgIpc) is 3.05. The van der Waals surface area contributed by atoms with Gasteiger partial charge in [-0.3, -0.25) is 4.90 Å². The van der Waals surface area contributed by atoms with Crippen molar-refractivity contribution in [3.05, 3.63) is 48.2 Å². The molecular weight excluding hydrogens is 256 g/mol. The molecule has 1 aromatic carbocycles. The lowest BCUT2D eigenvalue weighted by molar-refractivity contribution is 0.220. The zero-order valence-corrected chi connectivity index (χ0v) is 12.9. The number of nitrogens with one attached hydrogen (secondary N) is 1. The van der Waals surface area contributed by atoms with Crippen LogP contribution >= 0.6 is 0 Å². The quantitative estimate of drug-likeness (QED) is 0.823. The summed E-state index contributed by atoms with van der Waals surface area (Å²) in [6, 6.07) is 9.35. The van der Waals surface area contributed by atoms with E-state index in [0.29, 0.717) is 11.5 Å². The Hall–Kier alpha value is -1.54. The number of aromatic nitrogens is 1. The van der Waals surface area contributed by atoms with E-state index in [1.165, 1.54) is 48.9 Å². The minimum atomic E-state index is 0.436. The first-order valence-electron chi connectivity index (χ1n) is 8.21. The maximum absolute atomic E-state index is 3.99. The summed E-state index contributed by atoms with van der Waals surface area (Å²) in [6.07, 6.45) is 6.97. The van der Waals surface area contributed by atoms with Crippen molar-refractivity contribution in [3.63, 3.8) is 0 Å². The topological polar surface area (TPSA) is 19.0 Å². The number of H-pyrrole nitrogens is 1. The van der Waals surface area contributed by atoms with Crippen molar-refractivity contribution in [2.75, 3.05) is 13.1 Å². The fourth-order valence-electron chi connectivity index (χ4n) is 4.55. The van der Waals surface area contributed by atoms with Crippen LogP contribution in [0.2, 0.25) is 0 Å². The number of aromatic amines is 1. The molecule has 0 bridgehead atoms. The van der Waals surface area contributed by atoms with Gasteiger partial charge in [0.25, 0.3) is 0 Å². The number of hydrogen-bond donors (Lipinski definition) is 1. The molecular formula is C19H24N2. The van der Waals surface area contributed by atoms with E-state index in [-0.39, 0.29) is 0 Å². The van der Waals surface area contributed by atoms with Gasteiger partial charge in [-0.15, -0.1) is 6.58 Å². The lowest BCUT2D eigenvalue weighted by Gasteiger charge is -2.29. The van der Waals surface area contributed by atoms with E-state index < -0.39 is 0 Å². The third-order valence-corrected chi connectivity index (χ3v) is 5.76. The largest absolute Gasteiger partial charge is 0.357 e. The Balaban J connectivity index is 1.77. The van der Waals surface area contributed by atoms with Crippen molar-refractivity contribution in [3.8, 4) is 0 Å². The van der Waals surface area contributed by atoms with Crippen molar-refractivity contribution >= 4 is 10.9 Å². The first kappa shape index (κ1) is 13.1. The molecule has 2 aliphatic heterocycles. The van der Waals surface area contributed by atoms with Crippen LogP contribution in [-0.4, -0.2) is 23.0 Å². The van der Waals surface area contributed by atoms with E-state index in [9.17, 15) is 0 Å². The van der Waals surface area contributed by atoms with Crippen LogP contribution in [0.3, 0.4) is 0 Å². The smallest absolute Gasteiger partial charge is 0.0507 e. The highest BCUT2D eigenvalue weighted by Gasteiger charge is 2.45. The van der Waals surface area contributed by atoms with Gasteiger partial charge in [-0.05, 0) is 42.7 Å². The Bertz CT molecular complexity index is 684. The molecule has 0 saturated carbocycles. The molecule has 110 valence electrons. The predicted molar refractivity (Wildman–Crippen MR) is 88.5 cm³/mol. The van der Waals surface area contributed by atoms with E-state index in [4.69, 9.17) is 0 Å². The van der Waals surface area contributed by atoms with Crippen LogP contribution in [-0.2, 0) is 6.42 Å². The Kier molecular flexibility index (Phi) is 2.97. The number of rotatable bonds is 3. The van der Waals surface area contributed by atoms with Crippen LogP contribution in [0.25, 0.3) is 10.9 Å². The van der Waals surface area contributed by atoms with Crippen LogP contribution in [0.5, 0.6) is 0 Å². The zero-order valence-electron chi connectivity index (χ0n) is 12.9. The predicted octanol–water partition coefficient (Wildman–Crippen LogP) is 4.44. The summed E-state index contributed by atoms with van der Waals surface area (Å²) < 4.78 is 0. The molecule has 1 fully saturated rings. The summed E-state index contributed by atoms with van der Waals surface area (Å²) in [4.78, 5) is 6.42. The van der Waals surface area contributed by atoms with Crippen LogP contribution in [0.1, 0.15) is 43.5 Å². The second-order valence-corrected chi connectivity index (χ2v) is 6.85. The van der Waals surface area contributed by atoms with Gasteiger partial charge in [0.15, 0.2) is 0 Å². The molecule has 2 aliphatic rings. The van der Waals surface area contributed by atoms with Crippen molar-refractivity contribution < 1.29 is 0 Å². The number of fused-ring (bicyclic) bond motifs is 5. The molecule has 4 rings (SSSR count). The number of para-hydroxylation sites is 1. The van der Waals surface area contributed by atoms with Crippen LogP contribution < -0.4 is 0 Å². The third-order valence-electron chi connectivity index (χ3n) is 5.76. The number of hydrogen-bond acceptors (Lipinski definition) is 1. The van der Waals surface area contributed by atoms with E-state index in [2.05, 4.69) is 53.7 Å². The maximum atomic E-state index is 3.99. The third kappa shape index (κ3) is 1.89. The molecule has 0 aliphatic carbocycles. The highest BCUT2D eigenvalue weighted by molar-refractivity contribution is 5.85. The van der Waals surface area contributed by atoms with Gasteiger partial charge in [0, 0.05) is 29.7 Å². The van der Waals surface area contributed by atoms with E-state index in [0.717, 1.165) is 6.42 Å². The fourth-order valence-corrected chi connectivity index (χ4v) is 4.55. The Morgan fingerprint density at radius 1 is 1.43 bits per heavy atom. The molecule has 2 heteroatoms. The van der Waals surface area contributed by atoms with Crippen molar-refractivity contribution in [2.45, 2.75) is 38.6 Å². The van der Waals surface area contributed by atoms with Gasteiger partial charge >= 0.3 is 0 Å². The van der Waals surface area contributed by atoms with Crippen molar-refractivity contribution in [1.82, 2.24) is 9.88 Å². The molecule has 21 heavy (non-hydrogen) atoms. The number of nitrogens with zero attached hydrogens (tertiary/aromatic N) is 1. The normalized spacial score (nSPS) is 28.5. The second kappa shape index (κ2) is 4.74. The van der Waals surface area contributed by atoms with E-state index in [1.54, 1.807) is 5.56 Å². The van der Waals surface area contributed by atoms with Gasteiger partial charge < -0.3 is 4.98 Å². The average molecular weight is 280 g/mol. The molecule has 0 radical (unpaired) electrons. The summed E-state index contributed by atoms with van der Waals surface area (Å²) in [6.45, 7) is 8.77. The van der Waals surface area contributed by atoms with Crippen LogP contribution in [0.4, 0.5) is 0 Å². The number of allylic oxidation sites excluding steroid dienone is 1. The SMILES string of the molecule is C=CC[C@]1(CC)C[C@H]2c3[nH]c4ccccc4c3CCN2C1. The molecule has 0 unspecified atom stereocenters. The van der Waals surface area contributed by atoms with Crippen molar-refractivity contribution in [2.24, 2.45) is 5.41 Å². The number of benzene rings is 1. The van der Waals surface area contributed by atoms with Crippen LogP contribution in [0, 0.1) is 5.41 Å². The molecule has 3 heterocycles. The first-order valence-corrected chi connectivity index (χ1v) is 8.21. The Labute approximate surface area is 126 Å². The lowest BCUT2D eigenvalue weighted by Crippen LogP contribution is -2.32. The van der Waals surface area contributed by atoms with Gasteiger partial charge in [-0.1, -0.05) is 31.2 Å². The van der Waals surface area contributed by atoms with Crippen LogP contribution in [0.15, 0.2) is 36.9 Å². The zero-order chi connectivity index (χ0) is 14.4. The highest BCUT2D eigenvalue weighted by atomic mass is 15.2. The lowest BCUT2D eigenvalue weighted by atomic mass is 9.79. The van der Waals surface area contributed by atoms with Gasteiger partial charge in [-0.25, -0.2) is 0 Å². The Morgan fingerprint density at radius 2 is 2.29 bits per heavy atom. The highest BCUT2D eigenvalue weighted by Crippen LogP contribution is 2.50. The minimum Gasteiger partial charge on any atom is -0.357 e.